The van der Waals surface area contributed by atoms with Crippen LogP contribution in [0.5, 0.6) is 11.5 Å². The van der Waals surface area contributed by atoms with E-state index in [-0.39, 0.29) is 5.91 Å². The first-order valence-corrected chi connectivity index (χ1v) is 11.2. The molecule has 2 heterocycles. The third-order valence-corrected chi connectivity index (χ3v) is 6.04. The van der Waals surface area contributed by atoms with Crippen LogP contribution in [-0.4, -0.2) is 43.2 Å². The van der Waals surface area contributed by atoms with Crippen molar-refractivity contribution in [2.24, 2.45) is 0 Å². The second-order valence-electron chi connectivity index (χ2n) is 6.53. The number of carbonyl (C=O) groups excluding carboxylic acids is 1. The topological polar surface area (TPSA) is 104 Å². The van der Waals surface area contributed by atoms with Crippen molar-refractivity contribution in [3.05, 3.63) is 47.8 Å². The van der Waals surface area contributed by atoms with E-state index in [2.05, 4.69) is 32.3 Å². The van der Waals surface area contributed by atoms with Gasteiger partial charge in [0, 0.05) is 6.54 Å². The number of nitrogens with zero attached hydrogens (tertiary/aromatic N) is 5. The average molecular weight is 461 g/mol. The summed E-state index contributed by atoms with van der Waals surface area (Å²) in [4.78, 5) is 12.5. The van der Waals surface area contributed by atoms with E-state index in [4.69, 9.17) is 9.47 Å². The minimum absolute atomic E-state index is 0.186. The molecule has 1 N–H and O–H groups in total. The number of rotatable bonds is 10. The van der Waals surface area contributed by atoms with Gasteiger partial charge in [0.15, 0.2) is 28.6 Å². The lowest BCUT2D eigenvalue weighted by Crippen LogP contribution is -2.23. The molecule has 0 saturated heterocycles. The van der Waals surface area contributed by atoms with Gasteiger partial charge in [0.1, 0.15) is 5.01 Å². The number of benzene rings is 1. The van der Waals surface area contributed by atoms with Crippen molar-refractivity contribution in [3.63, 3.8) is 0 Å². The summed E-state index contributed by atoms with van der Waals surface area (Å²) in [6.07, 6.45) is 1.35. The standard InChI is InChI=1S/C20H24N6O3S2/c1-6-11-26-17(12(2)29-16-10-8-7-9-15(16)28-5)23-25-20(26)30-13(3)18(27)21-19-24-22-14(4)31-19/h6-10,12-13H,1,11H2,2-5H3,(H,21,24,27). The van der Waals surface area contributed by atoms with E-state index in [1.165, 1.54) is 23.1 Å². The predicted octanol–water partition coefficient (Wildman–Crippen LogP) is 3.89. The van der Waals surface area contributed by atoms with Crippen LogP contribution in [0, 0.1) is 6.92 Å². The minimum Gasteiger partial charge on any atom is -0.493 e. The Kier molecular flexibility index (Phi) is 7.64. The molecule has 0 saturated carbocycles. The molecular formula is C20H24N6O3S2. The van der Waals surface area contributed by atoms with Crippen molar-refractivity contribution in [2.75, 3.05) is 12.4 Å². The van der Waals surface area contributed by atoms with Gasteiger partial charge in [-0.2, -0.15) is 0 Å². The molecule has 1 amide bonds. The van der Waals surface area contributed by atoms with Crippen molar-refractivity contribution < 1.29 is 14.3 Å². The van der Waals surface area contributed by atoms with E-state index < -0.39 is 11.4 Å². The van der Waals surface area contributed by atoms with Crippen LogP contribution < -0.4 is 14.8 Å². The number of hydrogen-bond donors (Lipinski definition) is 1. The maximum absolute atomic E-state index is 12.5. The van der Waals surface area contributed by atoms with E-state index in [1.54, 1.807) is 20.1 Å². The van der Waals surface area contributed by atoms with Crippen LogP contribution in [0.15, 0.2) is 42.1 Å². The van der Waals surface area contributed by atoms with Crippen LogP contribution >= 0.6 is 23.1 Å². The summed E-state index contributed by atoms with van der Waals surface area (Å²) < 4.78 is 13.3. The van der Waals surface area contributed by atoms with Crippen molar-refractivity contribution in [1.82, 2.24) is 25.0 Å². The molecule has 2 atom stereocenters. The first kappa shape index (κ1) is 22.8. The smallest absolute Gasteiger partial charge is 0.239 e. The first-order chi connectivity index (χ1) is 14.9. The lowest BCUT2D eigenvalue weighted by molar-refractivity contribution is -0.115. The molecular weight excluding hydrogens is 436 g/mol. The fraction of sp³-hybridized carbons (Fsp3) is 0.350. The van der Waals surface area contributed by atoms with Gasteiger partial charge < -0.3 is 9.47 Å². The van der Waals surface area contributed by atoms with Crippen LogP contribution in [-0.2, 0) is 11.3 Å². The zero-order valence-electron chi connectivity index (χ0n) is 17.7. The van der Waals surface area contributed by atoms with E-state index in [9.17, 15) is 4.79 Å². The molecule has 2 unspecified atom stereocenters. The Labute approximate surface area is 188 Å². The maximum Gasteiger partial charge on any atom is 0.239 e. The zero-order chi connectivity index (χ0) is 22.4. The Balaban J connectivity index is 1.74. The number of aromatic nitrogens is 5. The molecule has 2 aromatic heterocycles. The first-order valence-electron chi connectivity index (χ1n) is 9.54. The summed E-state index contributed by atoms with van der Waals surface area (Å²) in [5.41, 5.74) is 0. The number of amides is 1. The summed E-state index contributed by atoms with van der Waals surface area (Å²) in [5, 5.41) is 20.6. The van der Waals surface area contributed by atoms with Gasteiger partial charge in [0.2, 0.25) is 11.0 Å². The average Bonchev–Trinajstić information content (AvgIpc) is 3.34. The molecule has 0 aliphatic rings. The van der Waals surface area contributed by atoms with Crippen LogP contribution in [0.25, 0.3) is 0 Å². The predicted molar refractivity (Wildman–Crippen MR) is 121 cm³/mol. The lowest BCUT2D eigenvalue weighted by atomic mass is 10.3. The highest BCUT2D eigenvalue weighted by Crippen LogP contribution is 2.32. The SMILES string of the molecule is C=CCn1c(SC(C)C(=O)Nc2nnc(C)s2)nnc1C(C)Oc1ccccc1OC. The van der Waals surface area contributed by atoms with Gasteiger partial charge in [-0.15, -0.1) is 27.0 Å². The molecule has 164 valence electrons. The van der Waals surface area contributed by atoms with Gasteiger partial charge >= 0.3 is 0 Å². The van der Waals surface area contributed by atoms with Crippen LogP contribution in [0.4, 0.5) is 5.13 Å². The summed E-state index contributed by atoms with van der Waals surface area (Å²) in [7, 11) is 1.59. The number of hydrogen-bond acceptors (Lipinski definition) is 9. The molecule has 3 rings (SSSR count). The largest absolute Gasteiger partial charge is 0.493 e. The van der Waals surface area contributed by atoms with Gasteiger partial charge in [0.05, 0.1) is 12.4 Å². The lowest BCUT2D eigenvalue weighted by Gasteiger charge is -2.17. The summed E-state index contributed by atoms with van der Waals surface area (Å²) in [5.74, 6) is 1.69. The van der Waals surface area contributed by atoms with Crippen LogP contribution in [0.2, 0.25) is 0 Å². The maximum atomic E-state index is 12.5. The quantitative estimate of drug-likeness (QED) is 0.359. The van der Waals surface area contributed by atoms with Crippen molar-refractivity contribution in [2.45, 2.75) is 43.8 Å². The number of methoxy groups -OCH3 is 1. The Hall–Kier alpha value is -2.92. The van der Waals surface area contributed by atoms with E-state index >= 15 is 0 Å². The van der Waals surface area contributed by atoms with Crippen LogP contribution in [0.3, 0.4) is 0 Å². The van der Waals surface area contributed by atoms with Gasteiger partial charge in [-0.1, -0.05) is 41.3 Å². The normalized spacial score (nSPS) is 12.8. The Bertz CT molecular complexity index is 1050. The molecule has 11 heteroatoms. The van der Waals surface area contributed by atoms with Gasteiger partial charge in [-0.25, -0.2) is 0 Å². The molecule has 9 nitrogen and oxygen atoms in total. The Morgan fingerprint density at radius 1 is 1.26 bits per heavy atom. The minimum atomic E-state index is -0.421. The molecule has 0 radical (unpaired) electrons. The second-order valence-corrected chi connectivity index (χ2v) is 9.02. The monoisotopic (exact) mass is 460 g/mol. The van der Waals surface area contributed by atoms with Gasteiger partial charge in [-0.05, 0) is 32.9 Å². The molecule has 31 heavy (non-hydrogen) atoms. The molecule has 0 fully saturated rings. The Morgan fingerprint density at radius 3 is 2.65 bits per heavy atom. The number of aryl methyl sites for hydroxylation is 1. The van der Waals surface area contributed by atoms with E-state index in [0.717, 1.165) is 5.01 Å². The molecule has 0 spiro atoms. The van der Waals surface area contributed by atoms with Crippen molar-refractivity contribution in [3.8, 4) is 11.5 Å². The number of anilines is 1. The van der Waals surface area contributed by atoms with Crippen LogP contribution in [0.1, 0.15) is 30.8 Å². The number of para-hydroxylation sites is 2. The number of nitrogens with one attached hydrogen (secondary N) is 1. The zero-order valence-corrected chi connectivity index (χ0v) is 19.4. The molecule has 3 aromatic rings. The second kappa shape index (κ2) is 10.4. The molecule has 1 aromatic carbocycles. The van der Waals surface area contributed by atoms with Crippen molar-refractivity contribution in [1.29, 1.82) is 0 Å². The van der Waals surface area contributed by atoms with E-state index in [0.29, 0.717) is 34.2 Å². The summed E-state index contributed by atoms with van der Waals surface area (Å²) in [6, 6.07) is 7.42. The fourth-order valence-electron chi connectivity index (χ4n) is 2.71. The summed E-state index contributed by atoms with van der Waals surface area (Å²) in [6.45, 7) is 9.82. The van der Waals surface area contributed by atoms with Gasteiger partial charge in [-0.3, -0.25) is 14.7 Å². The third-order valence-electron chi connectivity index (χ3n) is 4.20. The molecule has 0 bridgehead atoms. The van der Waals surface area contributed by atoms with Gasteiger partial charge in [0.25, 0.3) is 0 Å². The van der Waals surface area contributed by atoms with Crippen molar-refractivity contribution >= 4 is 34.1 Å². The third kappa shape index (κ3) is 5.61. The number of ether oxygens (including phenoxy) is 2. The number of allylic oxidation sites excluding steroid dienone is 1. The molecule has 0 aliphatic carbocycles. The number of thioether (sulfide) groups is 1. The molecule has 0 aliphatic heterocycles. The summed E-state index contributed by atoms with van der Waals surface area (Å²) >= 11 is 2.63. The highest BCUT2D eigenvalue weighted by molar-refractivity contribution is 8.00. The fourth-order valence-corrected chi connectivity index (χ4v) is 4.17. The Morgan fingerprint density at radius 2 is 2.00 bits per heavy atom. The highest BCUT2D eigenvalue weighted by Gasteiger charge is 2.24. The number of carbonyl (C=O) groups is 1. The van der Waals surface area contributed by atoms with E-state index in [1.807, 2.05) is 42.7 Å². The highest BCUT2D eigenvalue weighted by atomic mass is 32.2.